The van der Waals surface area contributed by atoms with Gasteiger partial charge in [0, 0.05) is 18.2 Å². The fraction of sp³-hybridized carbons (Fsp3) is 0.375. The van der Waals surface area contributed by atoms with Crippen LogP contribution in [0, 0.1) is 0 Å². The number of carbonyl (C=O) groups excluding carboxylic acids is 1. The lowest BCUT2D eigenvalue weighted by molar-refractivity contribution is 0.156. The van der Waals surface area contributed by atoms with Gasteiger partial charge in [0.15, 0.2) is 5.76 Å². The predicted molar refractivity (Wildman–Crippen MR) is 81.0 cm³/mol. The molecule has 1 atom stereocenters. The first-order chi connectivity index (χ1) is 10.8. The van der Waals surface area contributed by atoms with Crippen LogP contribution < -0.4 is 5.32 Å². The lowest BCUT2D eigenvalue weighted by atomic mass is 10.2. The summed E-state index contributed by atoms with van der Waals surface area (Å²) in [5, 5.41) is 16.0. The minimum absolute atomic E-state index is 0.00946. The molecule has 1 aliphatic heterocycles. The summed E-state index contributed by atoms with van der Waals surface area (Å²) < 4.78 is 5.30. The van der Waals surface area contributed by atoms with Gasteiger partial charge in [-0.2, -0.15) is 0 Å². The zero-order valence-corrected chi connectivity index (χ0v) is 12.2. The summed E-state index contributed by atoms with van der Waals surface area (Å²) in [5.41, 5.74) is 1.62. The van der Waals surface area contributed by atoms with Crippen LogP contribution in [0.15, 0.2) is 40.9 Å². The number of likely N-dealkylation sites (tertiary alicyclic amines) is 1. The van der Waals surface area contributed by atoms with Crippen molar-refractivity contribution >= 4 is 6.03 Å². The smallest absolute Gasteiger partial charge is 0.318 e. The maximum Gasteiger partial charge on any atom is 0.318 e. The molecule has 6 nitrogen and oxygen atoms in total. The molecule has 116 valence electrons. The van der Waals surface area contributed by atoms with Crippen LogP contribution in [-0.4, -0.2) is 40.4 Å². The highest BCUT2D eigenvalue weighted by Gasteiger charge is 2.27. The Morgan fingerprint density at radius 2 is 2.23 bits per heavy atom. The summed E-state index contributed by atoms with van der Waals surface area (Å²) in [6, 6.07) is 11.3. The Balaban J connectivity index is 1.58. The molecule has 2 amide bonds. The molecule has 1 unspecified atom stereocenters. The normalized spacial score (nSPS) is 17.7. The fourth-order valence-electron chi connectivity index (χ4n) is 2.69. The van der Waals surface area contributed by atoms with Crippen molar-refractivity contribution in [2.75, 3.05) is 13.2 Å². The Bertz CT molecular complexity index is 627. The first-order valence-corrected chi connectivity index (χ1v) is 7.44. The third kappa shape index (κ3) is 3.12. The van der Waals surface area contributed by atoms with Crippen LogP contribution in [0.3, 0.4) is 0 Å². The van der Waals surface area contributed by atoms with Crippen LogP contribution in [0.2, 0.25) is 0 Å². The number of aliphatic hydroxyl groups excluding tert-OH is 1. The second-order valence-corrected chi connectivity index (χ2v) is 5.38. The summed E-state index contributed by atoms with van der Waals surface area (Å²) >= 11 is 0. The van der Waals surface area contributed by atoms with E-state index in [1.165, 1.54) is 0 Å². The van der Waals surface area contributed by atoms with E-state index in [9.17, 15) is 9.90 Å². The van der Waals surface area contributed by atoms with Gasteiger partial charge >= 0.3 is 6.03 Å². The predicted octanol–water partition coefficient (Wildman–Crippen LogP) is 2.01. The lowest BCUT2D eigenvalue weighted by Gasteiger charge is -2.22. The van der Waals surface area contributed by atoms with E-state index >= 15 is 0 Å². The second kappa shape index (κ2) is 6.62. The van der Waals surface area contributed by atoms with Gasteiger partial charge in [-0.1, -0.05) is 35.5 Å². The molecule has 22 heavy (non-hydrogen) atoms. The molecule has 0 saturated carbocycles. The molecule has 0 radical (unpaired) electrons. The van der Waals surface area contributed by atoms with Gasteiger partial charge in [-0.15, -0.1) is 0 Å². The van der Waals surface area contributed by atoms with E-state index in [1.807, 2.05) is 36.4 Å². The molecule has 2 N–H and O–H groups in total. The van der Waals surface area contributed by atoms with E-state index < -0.39 is 0 Å². The van der Waals surface area contributed by atoms with Gasteiger partial charge in [-0.25, -0.2) is 4.79 Å². The monoisotopic (exact) mass is 301 g/mol. The highest BCUT2D eigenvalue weighted by atomic mass is 16.5. The Hall–Kier alpha value is -2.34. The number of nitrogens with one attached hydrogen (secondary N) is 1. The van der Waals surface area contributed by atoms with Crippen molar-refractivity contribution in [3.05, 3.63) is 42.1 Å². The van der Waals surface area contributed by atoms with E-state index in [0.717, 1.165) is 18.4 Å². The van der Waals surface area contributed by atoms with Gasteiger partial charge in [0.25, 0.3) is 0 Å². The molecule has 0 bridgehead atoms. The number of urea groups is 1. The third-order valence-electron chi connectivity index (χ3n) is 3.89. The molecule has 1 saturated heterocycles. The zero-order valence-electron chi connectivity index (χ0n) is 12.2. The number of benzene rings is 1. The Morgan fingerprint density at radius 1 is 1.41 bits per heavy atom. The molecule has 1 aromatic heterocycles. The van der Waals surface area contributed by atoms with Crippen LogP contribution in [0.1, 0.15) is 18.5 Å². The summed E-state index contributed by atoms with van der Waals surface area (Å²) in [6.45, 7) is 1.00. The number of nitrogens with zero attached hydrogens (tertiary/aromatic N) is 2. The summed E-state index contributed by atoms with van der Waals surface area (Å²) in [6.07, 6.45) is 1.78. The lowest BCUT2D eigenvalue weighted by Crippen LogP contribution is -2.43. The van der Waals surface area contributed by atoms with E-state index in [2.05, 4.69) is 10.5 Å². The van der Waals surface area contributed by atoms with Gasteiger partial charge in [0.1, 0.15) is 5.69 Å². The Morgan fingerprint density at radius 3 is 3.00 bits per heavy atom. The summed E-state index contributed by atoms with van der Waals surface area (Å²) in [4.78, 5) is 13.8. The van der Waals surface area contributed by atoms with Crippen molar-refractivity contribution in [1.29, 1.82) is 0 Å². The number of aromatic nitrogens is 1. The maximum absolute atomic E-state index is 12.1. The van der Waals surface area contributed by atoms with Gasteiger partial charge in [0.2, 0.25) is 0 Å². The molecule has 2 heterocycles. The molecule has 0 aliphatic carbocycles. The van der Waals surface area contributed by atoms with Crippen LogP contribution >= 0.6 is 0 Å². The maximum atomic E-state index is 12.1. The van der Waals surface area contributed by atoms with E-state index in [4.69, 9.17) is 4.52 Å². The minimum Gasteiger partial charge on any atom is -0.394 e. The SMILES string of the molecule is O=C(NCc1cc(-c2ccccc2)on1)N1CCCC1CO. The topological polar surface area (TPSA) is 78.6 Å². The number of hydrogen-bond donors (Lipinski definition) is 2. The first-order valence-electron chi connectivity index (χ1n) is 7.44. The highest BCUT2D eigenvalue weighted by molar-refractivity contribution is 5.74. The van der Waals surface area contributed by atoms with Gasteiger partial charge in [0.05, 0.1) is 19.2 Å². The van der Waals surface area contributed by atoms with Crippen LogP contribution in [0.5, 0.6) is 0 Å². The van der Waals surface area contributed by atoms with Crippen molar-refractivity contribution < 1.29 is 14.4 Å². The summed E-state index contributed by atoms with van der Waals surface area (Å²) in [5.74, 6) is 0.680. The van der Waals surface area contributed by atoms with Crippen LogP contribution in [-0.2, 0) is 6.54 Å². The van der Waals surface area contributed by atoms with E-state index in [-0.39, 0.29) is 18.7 Å². The Kier molecular flexibility index (Phi) is 4.39. The molecule has 6 heteroatoms. The first kappa shape index (κ1) is 14.6. The largest absolute Gasteiger partial charge is 0.394 e. The number of hydrogen-bond acceptors (Lipinski definition) is 4. The zero-order chi connectivity index (χ0) is 15.4. The molecule has 1 aromatic carbocycles. The van der Waals surface area contributed by atoms with Crippen molar-refractivity contribution in [2.24, 2.45) is 0 Å². The number of carbonyl (C=O) groups is 1. The number of rotatable bonds is 4. The average molecular weight is 301 g/mol. The van der Waals surface area contributed by atoms with Crippen LogP contribution in [0.25, 0.3) is 11.3 Å². The molecule has 1 fully saturated rings. The highest BCUT2D eigenvalue weighted by Crippen LogP contribution is 2.20. The Labute approximate surface area is 128 Å². The van der Waals surface area contributed by atoms with Gasteiger partial charge in [-0.05, 0) is 12.8 Å². The van der Waals surface area contributed by atoms with Crippen molar-refractivity contribution in [1.82, 2.24) is 15.4 Å². The van der Waals surface area contributed by atoms with Crippen molar-refractivity contribution in [2.45, 2.75) is 25.4 Å². The molecule has 3 rings (SSSR count). The third-order valence-corrected chi connectivity index (χ3v) is 3.89. The summed E-state index contributed by atoms with van der Waals surface area (Å²) in [7, 11) is 0. The van der Waals surface area contributed by atoms with Gasteiger partial charge < -0.3 is 19.8 Å². The molecular formula is C16H19N3O3. The number of amides is 2. The molecule has 0 spiro atoms. The van der Waals surface area contributed by atoms with Crippen molar-refractivity contribution in [3.8, 4) is 11.3 Å². The van der Waals surface area contributed by atoms with E-state index in [0.29, 0.717) is 24.5 Å². The average Bonchev–Trinajstić information content (AvgIpc) is 3.22. The molecular weight excluding hydrogens is 282 g/mol. The number of aliphatic hydroxyl groups is 1. The second-order valence-electron chi connectivity index (χ2n) is 5.38. The fourth-order valence-corrected chi connectivity index (χ4v) is 2.69. The molecule has 1 aliphatic rings. The van der Waals surface area contributed by atoms with Crippen LogP contribution in [0.4, 0.5) is 4.79 Å². The van der Waals surface area contributed by atoms with Crippen molar-refractivity contribution in [3.63, 3.8) is 0 Å². The van der Waals surface area contributed by atoms with Gasteiger partial charge in [-0.3, -0.25) is 0 Å². The molecule has 2 aromatic rings. The van der Waals surface area contributed by atoms with E-state index in [1.54, 1.807) is 4.90 Å². The minimum atomic E-state index is -0.166. The quantitative estimate of drug-likeness (QED) is 0.905. The standard InChI is InChI=1S/C16H19N3O3/c20-11-14-7-4-8-19(14)16(21)17-10-13-9-15(22-18-13)12-5-2-1-3-6-12/h1-3,5-6,9,14,20H,4,7-8,10-11H2,(H,17,21).